The zero-order chi connectivity index (χ0) is 22.2. The van der Waals surface area contributed by atoms with E-state index in [4.69, 9.17) is 9.15 Å². The maximum absolute atomic E-state index is 12.5. The minimum atomic E-state index is -0.339. The van der Waals surface area contributed by atoms with Gasteiger partial charge in [0.15, 0.2) is 10.4 Å². The molecule has 2 aromatic carbocycles. The highest BCUT2D eigenvalue weighted by Gasteiger charge is 2.11. The molecule has 0 aliphatic carbocycles. The van der Waals surface area contributed by atoms with Crippen molar-refractivity contribution in [2.24, 2.45) is 0 Å². The lowest BCUT2D eigenvalue weighted by Crippen LogP contribution is -2.15. The molecule has 0 aliphatic rings. The first-order valence-electron chi connectivity index (χ1n) is 10.1. The van der Waals surface area contributed by atoms with Crippen molar-refractivity contribution in [1.29, 1.82) is 0 Å². The van der Waals surface area contributed by atoms with Crippen molar-refractivity contribution in [2.45, 2.75) is 33.1 Å². The monoisotopic (exact) mass is 484 g/mol. The van der Waals surface area contributed by atoms with Crippen LogP contribution in [0.3, 0.4) is 0 Å². The maximum atomic E-state index is 12.5. The second-order valence-electron chi connectivity index (χ2n) is 7.16. The molecule has 7 heteroatoms. The van der Waals surface area contributed by atoms with E-state index >= 15 is 0 Å². The molecule has 1 heterocycles. The quantitative estimate of drug-likeness (QED) is 0.367. The number of carbonyl (C=O) groups is 2. The first kappa shape index (κ1) is 22.6. The molecule has 162 valence electrons. The lowest BCUT2D eigenvalue weighted by Gasteiger charge is -2.11. The molecule has 3 aromatic rings. The van der Waals surface area contributed by atoms with Crippen LogP contribution in [0.15, 0.2) is 63.7 Å². The fraction of sp³-hybridized carbons (Fsp3) is 0.250. The van der Waals surface area contributed by atoms with Crippen molar-refractivity contribution < 1.29 is 18.7 Å². The van der Waals surface area contributed by atoms with Gasteiger partial charge in [-0.2, -0.15) is 0 Å². The Morgan fingerprint density at radius 3 is 2.45 bits per heavy atom. The van der Waals surface area contributed by atoms with E-state index in [-0.39, 0.29) is 24.0 Å². The number of carbonyl (C=O) groups excluding carboxylic acids is 2. The Kier molecular flexibility index (Phi) is 7.89. The Hall–Kier alpha value is -3.06. The predicted molar refractivity (Wildman–Crippen MR) is 125 cm³/mol. The first-order chi connectivity index (χ1) is 14.9. The van der Waals surface area contributed by atoms with Gasteiger partial charge in [0.2, 0.25) is 5.91 Å². The number of aryl methyl sites for hydroxylation is 1. The summed E-state index contributed by atoms with van der Waals surface area (Å²) >= 11 is 3.17. The Bertz CT molecular complexity index is 1040. The third kappa shape index (κ3) is 6.72. The summed E-state index contributed by atoms with van der Waals surface area (Å²) in [5.41, 5.74) is 3.18. The van der Waals surface area contributed by atoms with E-state index in [0.29, 0.717) is 17.0 Å². The lowest BCUT2D eigenvalue weighted by atomic mass is 10.1. The molecule has 3 rings (SSSR count). The van der Waals surface area contributed by atoms with Crippen LogP contribution < -0.4 is 15.4 Å². The van der Waals surface area contributed by atoms with E-state index in [1.165, 1.54) is 0 Å². The van der Waals surface area contributed by atoms with E-state index in [1.807, 2.05) is 37.3 Å². The van der Waals surface area contributed by atoms with Crippen LogP contribution in [-0.2, 0) is 11.2 Å². The van der Waals surface area contributed by atoms with Crippen LogP contribution in [0.2, 0.25) is 0 Å². The van der Waals surface area contributed by atoms with Gasteiger partial charge in [0.1, 0.15) is 5.75 Å². The summed E-state index contributed by atoms with van der Waals surface area (Å²) in [4.78, 5) is 24.6. The molecule has 6 nitrogen and oxygen atoms in total. The maximum Gasteiger partial charge on any atom is 0.291 e. The summed E-state index contributed by atoms with van der Waals surface area (Å²) in [7, 11) is 0. The van der Waals surface area contributed by atoms with Crippen LogP contribution in [-0.4, -0.2) is 18.4 Å². The average Bonchev–Trinajstić information content (AvgIpc) is 3.18. The zero-order valence-electron chi connectivity index (χ0n) is 17.5. The van der Waals surface area contributed by atoms with Crippen molar-refractivity contribution in [3.63, 3.8) is 0 Å². The number of hydrogen-bond acceptors (Lipinski definition) is 4. The van der Waals surface area contributed by atoms with Crippen molar-refractivity contribution in [3.8, 4) is 5.75 Å². The number of anilines is 2. The van der Waals surface area contributed by atoms with Gasteiger partial charge in [-0.25, -0.2) is 0 Å². The number of furan rings is 1. The van der Waals surface area contributed by atoms with E-state index in [2.05, 4.69) is 33.5 Å². The molecular weight excluding hydrogens is 460 g/mol. The van der Waals surface area contributed by atoms with Crippen LogP contribution in [0.25, 0.3) is 0 Å². The number of amides is 2. The Labute approximate surface area is 190 Å². The average molecular weight is 485 g/mol. The SMILES string of the molecule is CCCCOc1ccc(NC(=O)Cc2ccc(NC(=O)c3ccc(Br)o3)cc2)c(C)c1. The van der Waals surface area contributed by atoms with E-state index in [9.17, 15) is 9.59 Å². The summed E-state index contributed by atoms with van der Waals surface area (Å²) in [6, 6.07) is 16.0. The van der Waals surface area contributed by atoms with Gasteiger partial charge in [-0.05, 0) is 82.9 Å². The number of benzene rings is 2. The predicted octanol–water partition coefficient (Wildman–Crippen LogP) is 5.96. The molecule has 0 unspecified atom stereocenters. The van der Waals surface area contributed by atoms with Gasteiger partial charge >= 0.3 is 0 Å². The van der Waals surface area contributed by atoms with Crippen molar-refractivity contribution in [2.75, 3.05) is 17.2 Å². The van der Waals surface area contributed by atoms with E-state index < -0.39 is 0 Å². The molecule has 0 radical (unpaired) electrons. The minimum absolute atomic E-state index is 0.111. The molecule has 31 heavy (non-hydrogen) atoms. The summed E-state index contributed by atoms with van der Waals surface area (Å²) in [5.74, 6) is 0.574. The number of nitrogens with one attached hydrogen (secondary N) is 2. The number of unbranched alkanes of at least 4 members (excludes halogenated alkanes) is 1. The smallest absolute Gasteiger partial charge is 0.291 e. The molecule has 0 spiro atoms. The highest BCUT2D eigenvalue weighted by Crippen LogP contribution is 2.22. The van der Waals surface area contributed by atoms with Gasteiger partial charge in [0, 0.05) is 11.4 Å². The van der Waals surface area contributed by atoms with Crippen LogP contribution >= 0.6 is 15.9 Å². The van der Waals surface area contributed by atoms with E-state index in [1.54, 1.807) is 24.3 Å². The Morgan fingerprint density at radius 2 is 1.81 bits per heavy atom. The summed E-state index contributed by atoms with van der Waals surface area (Å²) in [6.45, 7) is 4.76. The number of rotatable bonds is 9. The molecular formula is C24H25BrN2O4. The molecule has 2 amide bonds. The summed E-state index contributed by atoms with van der Waals surface area (Å²) in [6.07, 6.45) is 2.33. The van der Waals surface area contributed by atoms with E-state index in [0.717, 1.165) is 35.4 Å². The highest BCUT2D eigenvalue weighted by molar-refractivity contribution is 9.10. The number of halogens is 1. The molecule has 0 saturated carbocycles. The molecule has 0 fully saturated rings. The molecule has 1 aromatic heterocycles. The van der Waals surface area contributed by atoms with Gasteiger partial charge in [-0.1, -0.05) is 25.5 Å². The summed E-state index contributed by atoms with van der Waals surface area (Å²) in [5, 5.41) is 5.70. The van der Waals surface area contributed by atoms with Gasteiger partial charge in [-0.3, -0.25) is 9.59 Å². The normalized spacial score (nSPS) is 10.5. The number of ether oxygens (including phenoxy) is 1. The Balaban J connectivity index is 1.53. The Morgan fingerprint density at radius 1 is 1.03 bits per heavy atom. The minimum Gasteiger partial charge on any atom is -0.494 e. The van der Waals surface area contributed by atoms with Gasteiger partial charge in [0.25, 0.3) is 5.91 Å². The zero-order valence-corrected chi connectivity index (χ0v) is 19.1. The molecule has 0 aliphatic heterocycles. The second-order valence-corrected chi connectivity index (χ2v) is 7.94. The lowest BCUT2D eigenvalue weighted by molar-refractivity contribution is -0.115. The van der Waals surface area contributed by atoms with Gasteiger partial charge in [-0.15, -0.1) is 0 Å². The van der Waals surface area contributed by atoms with Crippen LogP contribution in [0.1, 0.15) is 41.4 Å². The first-order valence-corrected chi connectivity index (χ1v) is 10.9. The van der Waals surface area contributed by atoms with Gasteiger partial charge in [0.05, 0.1) is 13.0 Å². The molecule has 0 bridgehead atoms. The van der Waals surface area contributed by atoms with Crippen LogP contribution in [0, 0.1) is 6.92 Å². The van der Waals surface area contributed by atoms with Crippen LogP contribution in [0.4, 0.5) is 11.4 Å². The molecule has 0 atom stereocenters. The van der Waals surface area contributed by atoms with Crippen LogP contribution in [0.5, 0.6) is 5.75 Å². The molecule has 0 saturated heterocycles. The second kappa shape index (κ2) is 10.8. The fourth-order valence-electron chi connectivity index (χ4n) is 2.92. The van der Waals surface area contributed by atoms with Crippen molar-refractivity contribution in [1.82, 2.24) is 0 Å². The topological polar surface area (TPSA) is 80.6 Å². The molecule has 2 N–H and O–H groups in total. The van der Waals surface area contributed by atoms with Crippen molar-refractivity contribution in [3.05, 3.63) is 76.2 Å². The summed E-state index contributed by atoms with van der Waals surface area (Å²) < 4.78 is 11.4. The largest absolute Gasteiger partial charge is 0.494 e. The standard InChI is InChI=1S/C24H25BrN2O4/c1-3-4-13-30-19-9-10-20(16(2)14-19)27-23(28)15-17-5-7-18(8-6-17)26-24(29)21-11-12-22(25)31-21/h5-12,14H,3-4,13,15H2,1-2H3,(H,26,29)(H,27,28). The highest BCUT2D eigenvalue weighted by atomic mass is 79.9. The van der Waals surface area contributed by atoms with Crippen molar-refractivity contribution >= 4 is 39.1 Å². The third-order valence-electron chi connectivity index (χ3n) is 4.61. The van der Waals surface area contributed by atoms with Gasteiger partial charge < -0.3 is 19.8 Å². The fourth-order valence-corrected chi connectivity index (χ4v) is 3.22. The third-order valence-corrected chi connectivity index (χ3v) is 5.04. The number of hydrogen-bond donors (Lipinski definition) is 2.